The van der Waals surface area contributed by atoms with Gasteiger partial charge in [0.25, 0.3) is 0 Å². The van der Waals surface area contributed by atoms with Gasteiger partial charge in [0, 0.05) is 0 Å². The number of benzene rings is 2. The molecule has 0 amide bonds. The Balaban J connectivity index is 2.31. The van der Waals surface area contributed by atoms with Crippen molar-refractivity contribution in [1.82, 2.24) is 0 Å². The zero-order valence-electron chi connectivity index (χ0n) is 10.8. The number of hydrogen-bond acceptors (Lipinski definition) is 1. The van der Waals surface area contributed by atoms with E-state index in [1.165, 1.54) is 11.1 Å². The summed E-state index contributed by atoms with van der Waals surface area (Å²) < 4.78 is 0. The van der Waals surface area contributed by atoms with Gasteiger partial charge in [-0.25, -0.2) is 0 Å². The molecule has 0 aromatic heterocycles. The van der Waals surface area contributed by atoms with Crippen molar-refractivity contribution in [1.29, 1.82) is 0 Å². The van der Waals surface area contributed by atoms with Gasteiger partial charge in [0.05, 0.1) is 10.7 Å². The summed E-state index contributed by atoms with van der Waals surface area (Å²) in [7, 11) is 0. The van der Waals surface area contributed by atoms with Crippen molar-refractivity contribution in [2.45, 2.75) is 26.2 Å². The Hall–Kier alpha value is -1.47. The zero-order chi connectivity index (χ0) is 13.1. The first-order valence-corrected chi connectivity index (χ1v) is 6.65. The van der Waals surface area contributed by atoms with E-state index in [1.54, 1.807) is 0 Å². The van der Waals surface area contributed by atoms with Crippen molar-refractivity contribution >= 4 is 17.3 Å². The van der Waals surface area contributed by atoms with Crippen LogP contribution in [0.4, 0.5) is 5.69 Å². The molecule has 2 heteroatoms. The Morgan fingerprint density at radius 3 is 2.22 bits per heavy atom. The molecule has 0 radical (unpaired) electrons. The van der Waals surface area contributed by atoms with E-state index in [2.05, 4.69) is 38.1 Å². The molecule has 1 unspecified atom stereocenters. The summed E-state index contributed by atoms with van der Waals surface area (Å²) in [5.74, 6) is 0.606. The Bertz CT molecular complexity index is 531. The summed E-state index contributed by atoms with van der Waals surface area (Å²) in [5, 5.41) is 0.606. The molecule has 0 aliphatic carbocycles. The fraction of sp³-hybridized carbons (Fsp3) is 0.250. The zero-order valence-corrected chi connectivity index (χ0v) is 11.5. The average molecular weight is 260 g/mol. The maximum atomic E-state index is 5.93. The van der Waals surface area contributed by atoms with Gasteiger partial charge in [0.2, 0.25) is 0 Å². The first kappa shape index (κ1) is 13.0. The third-order valence-electron chi connectivity index (χ3n) is 3.42. The maximum absolute atomic E-state index is 5.93. The SMILES string of the molecule is CCC(C)c1ccc(-c2ccc(Cl)c(N)c2)cc1. The van der Waals surface area contributed by atoms with Crippen LogP contribution in [-0.4, -0.2) is 0 Å². The Morgan fingerprint density at radius 1 is 1.06 bits per heavy atom. The number of anilines is 1. The molecule has 2 N–H and O–H groups in total. The van der Waals surface area contributed by atoms with Crippen molar-refractivity contribution < 1.29 is 0 Å². The molecule has 0 saturated carbocycles. The number of rotatable bonds is 3. The second-order valence-corrected chi connectivity index (χ2v) is 5.07. The third kappa shape index (κ3) is 2.68. The van der Waals surface area contributed by atoms with Crippen LogP contribution in [0.3, 0.4) is 0 Å². The van der Waals surface area contributed by atoms with Crippen LogP contribution in [0.25, 0.3) is 11.1 Å². The van der Waals surface area contributed by atoms with Crippen molar-refractivity contribution in [3.8, 4) is 11.1 Å². The smallest absolute Gasteiger partial charge is 0.0635 e. The summed E-state index contributed by atoms with van der Waals surface area (Å²) in [6.07, 6.45) is 1.16. The molecule has 0 aliphatic rings. The molecule has 0 bridgehead atoms. The van der Waals surface area contributed by atoms with E-state index in [9.17, 15) is 0 Å². The third-order valence-corrected chi connectivity index (χ3v) is 3.77. The van der Waals surface area contributed by atoms with E-state index in [0.29, 0.717) is 16.6 Å². The summed E-state index contributed by atoms with van der Waals surface area (Å²) >= 11 is 5.93. The van der Waals surface area contributed by atoms with Gasteiger partial charge in [-0.1, -0.05) is 55.8 Å². The lowest BCUT2D eigenvalue weighted by atomic mass is 9.96. The van der Waals surface area contributed by atoms with E-state index >= 15 is 0 Å². The molecule has 2 rings (SSSR count). The highest BCUT2D eigenvalue weighted by Crippen LogP contribution is 2.28. The Kier molecular flexibility index (Phi) is 3.93. The molecule has 0 aliphatic heterocycles. The molecular weight excluding hydrogens is 242 g/mol. The van der Waals surface area contributed by atoms with Gasteiger partial charge in [0.15, 0.2) is 0 Å². The monoisotopic (exact) mass is 259 g/mol. The van der Waals surface area contributed by atoms with Crippen molar-refractivity contribution in [3.05, 3.63) is 53.1 Å². The average Bonchev–Trinajstić information content (AvgIpc) is 2.41. The number of hydrogen-bond donors (Lipinski definition) is 1. The van der Waals surface area contributed by atoms with Crippen LogP contribution in [0, 0.1) is 0 Å². The Labute approximate surface area is 114 Å². The summed E-state index contributed by atoms with van der Waals surface area (Å²) in [5.41, 5.74) is 10.1. The first-order valence-electron chi connectivity index (χ1n) is 6.27. The molecular formula is C16H18ClN. The second kappa shape index (κ2) is 5.45. The van der Waals surface area contributed by atoms with E-state index < -0.39 is 0 Å². The van der Waals surface area contributed by atoms with Crippen LogP contribution in [0.2, 0.25) is 5.02 Å². The van der Waals surface area contributed by atoms with Crippen LogP contribution in [-0.2, 0) is 0 Å². The minimum atomic E-state index is 0.606. The molecule has 0 saturated heterocycles. The van der Waals surface area contributed by atoms with E-state index in [4.69, 9.17) is 17.3 Å². The van der Waals surface area contributed by atoms with Gasteiger partial charge in [0.1, 0.15) is 0 Å². The largest absolute Gasteiger partial charge is 0.398 e. The van der Waals surface area contributed by atoms with Crippen LogP contribution in [0.15, 0.2) is 42.5 Å². The lowest BCUT2D eigenvalue weighted by molar-refractivity contribution is 0.734. The van der Waals surface area contributed by atoms with Gasteiger partial charge in [-0.3, -0.25) is 0 Å². The van der Waals surface area contributed by atoms with Crippen LogP contribution < -0.4 is 5.73 Å². The van der Waals surface area contributed by atoms with Gasteiger partial charge >= 0.3 is 0 Å². The standard InChI is InChI=1S/C16H18ClN/c1-3-11(2)12-4-6-13(7-5-12)14-8-9-15(17)16(18)10-14/h4-11H,3,18H2,1-2H3. The topological polar surface area (TPSA) is 26.0 Å². The minimum Gasteiger partial charge on any atom is -0.398 e. The quantitative estimate of drug-likeness (QED) is 0.762. The van der Waals surface area contributed by atoms with Crippen LogP contribution in [0.5, 0.6) is 0 Å². The van der Waals surface area contributed by atoms with Gasteiger partial charge in [-0.2, -0.15) is 0 Å². The lowest BCUT2D eigenvalue weighted by Crippen LogP contribution is -1.91. The number of nitrogens with two attached hydrogens (primary N) is 1. The minimum absolute atomic E-state index is 0.606. The molecule has 18 heavy (non-hydrogen) atoms. The molecule has 0 spiro atoms. The van der Waals surface area contributed by atoms with Gasteiger partial charge in [-0.15, -0.1) is 0 Å². The predicted octanol–water partition coefficient (Wildman–Crippen LogP) is 5.10. The van der Waals surface area contributed by atoms with E-state index in [1.807, 2.05) is 18.2 Å². The van der Waals surface area contributed by atoms with Crippen LogP contribution in [0.1, 0.15) is 31.7 Å². The normalized spacial score (nSPS) is 12.4. The number of nitrogen functional groups attached to an aromatic ring is 1. The molecule has 1 atom stereocenters. The Morgan fingerprint density at radius 2 is 1.67 bits per heavy atom. The molecule has 2 aromatic rings. The molecule has 0 heterocycles. The summed E-state index contributed by atoms with van der Waals surface area (Å²) in [6.45, 7) is 4.45. The highest BCUT2D eigenvalue weighted by atomic mass is 35.5. The first-order chi connectivity index (χ1) is 8.61. The molecule has 0 fully saturated rings. The van der Waals surface area contributed by atoms with Crippen LogP contribution >= 0.6 is 11.6 Å². The van der Waals surface area contributed by atoms with E-state index in [0.717, 1.165) is 12.0 Å². The fourth-order valence-electron chi connectivity index (χ4n) is 1.96. The highest BCUT2D eigenvalue weighted by molar-refractivity contribution is 6.33. The summed E-state index contributed by atoms with van der Waals surface area (Å²) in [4.78, 5) is 0. The maximum Gasteiger partial charge on any atom is 0.0635 e. The van der Waals surface area contributed by atoms with Crippen molar-refractivity contribution in [2.75, 3.05) is 5.73 Å². The van der Waals surface area contributed by atoms with E-state index in [-0.39, 0.29) is 0 Å². The number of halogens is 1. The fourth-order valence-corrected chi connectivity index (χ4v) is 2.08. The molecule has 1 nitrogen and oxygen atoms in total. The van der Waals surface area contributed by atoms with Crippen molar-refractivity contribution in [3.63, 3.8) is 0 Å². The second-order valence-electron chi connectivity index (χ2n) is 4.67. The summed E-state index contributed by atoms with van der Waals surface area (Å²) in [6, 6.07) is 14.4. The van der Waals surface area contributed by atoms with Crippen molar-refractivity contribution in [2.24, 2.45) is 0 Å². The molecule has 2 aromatic carbocycles. The van der Waals surface area contributed by atoms with Gasteiger partial charge in [-0.05, 0) is 41.2 Å². The lowest BCUT2D eigenvalue weighted by Gasteiger charge is -2.10. The predicted molar refractivity (Wildman–Crippen MR) is 80.0 cm³/mol. The molecule has 94 valence electrons. The highest BCUT2D eigenvalue weighted by Gasteiger charge is 2.04. The van der Waals surface area contributed by atoms with Gasteiger partial charge < -0.3 is 5.73 Å².